The van der Waals surface area contributed by atoms with E-state index in [1.165, 1.54) is 4.90 Å². The predicted octanol–water partition coefficient (Wildman–Crippen LogP) is 2.85. The molecule has 1 atom stereocenters. The number of aromatic nitrogens is 1. The summed E-state index contributed by atoms with van der Waals surface area (Å²) in [5.74, 6) is -2.41. The Hall–Kier alpha value is -3.59. The molecular weight excluding hydrogens is 420 g/mol. The molecule has 1 fully saturated rings. The number of carbonyl (C=O) groups is 2. The van der Waals surface area contributed by atoms with Gasteiger partial charge in [0.2, 0.25) is 0 Å². The van der Waals surface area contributed by atoms with Gasteiger partial charge in [-0.15, -0.1) is 0 Å². The van der Waals surface area contributed by atoms with Crippen molar-refractivity contribution >= 4 is 22.7 Å². The molecule has 0 bridgehead atoms. The number of amides is 2. The van der Waals surface area contributed by atoms with Crippen LogP contribution in [-0.2, 0) is 9.53 Å². The lowest BCUT2D eigenvalue weighted by Crippen LogP contribution is -2.44. The number of nitrogens with zero attached hydrogens (tertiary/aromatic N) is 2. The van der Waals surface area contributed by atoms with Gasteiger partial charge in [0.15, 0.2) is 18.2 Å². The second-order valence-electron chi connectivity index (χ2n) is 7.25. The zero-order valence-corrected chi connectivity index (χ0v) is 17.3. The minimum Gasteiger partial charge on any atom is -0.481 e. The highest BCUT2D eigenvalue weighted by molar-refractivity contribution is 6.06. The van der Waals surface area contributed by atoms with Crippen LogP contribution in [0.25, 0.3) is 10.9 Å². The minimum absolute atomic E-state index is 0.198. The molecule has 1 aliphatic heterocycles. The molecular formula is C23H21F2N3O4. The Morgan fingerprint density at radius 3 is 2.81 bits per heavy atom. The molecule has 0 unspecified atom stereocenters. The fourth-order valence-electron chi connectivity index (χ4n) is 3.56. The summed E-state index contributed by atoms with van der Waals surface area (Å²) in [5.41, 5.74) is 1.64. The molecule has 1 saturated heterocycles. The average Bonchev–Trinajstić information content (AvgIpc) is 2.82. The van der Waals surface area contributed by atoms with Crippen LogP contribution in [0.3, 0.4) is 0 Å². The topological polar surface area (TPSA) is 80.8 Å². The molecule has 32 heavy (non-hydrogen) atoms. The van der Waals surface area contributed by atoms with E-state index in [1.807, 2.05) is 24.3 Å². The molecule has 1 N–H and O–H groups in total. The lowest BCUT2D eigenvalue weighted by molar-refractivity contribution is -0.141. The van der Waals surface area contributed by atoms with Gasteiger partial charge in [0.1, 0.15) is 11.9 Å². The summed E-state index contributed by atoms with van der Waals surface area (Å²) in [7, 11) is 1.55. The van der Waals surface area contributed by atoms with Crippen LogP contribution in [0.2, 0.25) is 0 Å². The summed E-state index contributed by atoms with van der Waals surface area (Å²) in [5, 5.41) is 3.34. The molecule has 166 valence electrons. The number of carbonyl (C=O) groups excluding carboxylic acids is 2. The zero-order chi connectivity index (χ0) is 22.7. The monoisotopic (exact) mass is 441 g/mol. The molecule has 4 rings (SSSR count). The first-order valence-corrected chi connectivity index (χ1v) is 10.0. The second-order valence-corrected chi connectivity index (χ2v) is 7.25. The quantitative estimate of drug-likeness (QED) is 0.659. The number of hydrogen-bond acceptors (Lipinski definition) is 5. The number of morpholine rings is 1. The summed E-state index contributed by atoms with van der Waals surface area (Å²) < 4.78 is 37.8. The van der Waals surface area contributed by atoms with Crippen molar-refractivity contribution in [2.45, 2.75) is 6.10 Å². The van der Waals surface area contributed by atoms with Crippen molar-refractivity contribution in [1.29, 1.82) is 0 Å². The van der Waals surface area contributed by atoms with Crippen LogP contribution in [0.1, 0.15) is 22.2 Å². The third kappa shape index (κ3) is 4.52. The van der Waals surface area contributed by atoms with Gasteiger partial charge >= 0.3 is 0 Å². The number of halogens is 2. The first kappa shape index (κ1) is 21.6. The standard InChI is InChI=1S/C23H21F2N3O4/c1-26-23(30)16-11-19(27-18-5-3-2-4-15(16)18)21-12-28(8-9-31-21)22(29)13-32-20-7-6-14(24)10-17(20)25/h2-7,10-11,21H,8-9,12-13H2,1H3,(H,26,30)/t21-/m1/s1. The maximum Gasteiger partial charge on any atom is 0.260 e. The Balaban J connectivity index is 1.50. The molecule has 7 nitrogen and oxygen atoms in total. The van der Waals surface area contributed by atoms with E-state index in [9.17, 15) is 18.4 Å². The summed E-state index contributed by atoms with van der Waals surface area (Å²) in [4.78, 5) is 31.2. The molecule has 0 saturated carbocycles. The number of nitrogens with one attached hydrogen (secondary N) is 1. The van der Waals surface area contributed by atoms with Crippen molar-refractivity contribution in [3.05, 3.63) is 71.4 Å². The summed E-state index contributed by atoms with van der Waals surface area (Å²) >= 11 is 0. The van der Waals surface area contributed by atoms with Crippen molar-refractivity contribution in [1.82, 2.24) is 15.2 Å². The molecule has 1 aromatic heterocycles. The first-order valence-electron chi connectivity index (χ1n) is 10.0. The van der Waals surface area contributed by atoms with Gasteiger partial charge in [-0.1, -0.05) is 18.2 Å². The third-order valence-electron chi connectivity index (χ3n) is 5.20. The Morgan fingerprint density at radius 1 is 1.22 bits per heavy atom. The normalized spacial score (nSPS) is 16.1. The van der Waals surface area contributed by atoms with Gasteiger partial charge < -0.3 is 19.7 Å². The maximum absolute atomic E-state index is 13.7. The Kier molecular flexibility index (Phi) is 6.27. The van der Waals surface area contributed by atoms with Crippen molar-refractivity contribution in [3.63, 3.8) is 0 Å². The number of benzene rings is 2. The van der Waals surface area contributed by atoms with Gasteiger partial charge in [0.25, 0.3) is 11.8 Å². The first-order chi connectivity index (χ1) is 15.5. The Labute approximate surface area is 182 Å². The predicted molar refractivity (Wildman–Crippen MR) is 112 cm³/mol. The number of ether oxygens (including phenoxy) is 2. The number of rotatable bonds is 5. The maximum atomic E-state index is 13.7. The van der Waals surface area contributed by atoms with Crippen molar-refractivity contribution in [2.24, 2.45) is 0 Å². The van der Waals surface area contributed by atoms with Gasteiger partial charge in [-0.25, -0.2) is 13.8 Å². The van der Waals surface area contributed by atoms with Crippen molar-refractivity contribution in [2.75, 3.05) is 33.4 Å². The van der Waals surface area contributed by atoms with E-state index < -0.39 is 24.3 Å². The molecule has 0 radical (unpaired) electrons. The lowest BCUT2D eigenvalue weighted by Gasteiger charge is -2.33. The van der Waals surface area contributed by atoms with E-state index in [0.717, 1.165) is 12.1 Å². The fraction of sp³-hybridized carbons (Fsp3) is 0.261. The van der Waals surface area contributed by atoms with Crippen molar-refractivity contribution in [3.8, 4) is 5.75 Å². The molecule has 2 aromatic carbocycles. The molecule has 2 amide bonds. The van der Waals surface area contributed by atoms with Crippen LogP contribution in [0.4, 0.5) is 8.78 Å². The molecule has 0 aliphatic carbocycles. The van der Waals surface area contributed by atoms with Gasteiger partial charge in [0.05, 0.1) is 29.9 Å². The average molecular weight is 441 g/mol. The van der Waals surface area contributed by atoms with E-state index >= 15 is 0 Å². The Morgan fingerprint density at radius 2 is 2.03 bits per heavy atom. The highest BCUT2D eigenvalue weighted by Crippen LogP contribution is 2.26. The third-order valence-corrected chi connectivity index (χ3v) is 5.20. The SMILES string of the molecule is CNC(=O)c1cc([C@H]2CN(C(=O)COc3ccc(F)cc3F)CCO2)nc2ccccc12. The van der Waals surface area contributed by atoms with Crippen LogP contribution in [0.15, 0.2) is 48.5 Å². The van der Waals surface area contributed by atoms with Crippen LogP contribution in [0, 0.1) is 11.6 Å². The second kappa shape index (κ2) is 9.27. The Bertz CT molecular complexity index is 1170. The summed E-state index contributed by atoms with van der Waals surface area (Å²) in [6.45, 7) is 0.405. The molecule has 2 heterocycles. The smallest absolute Gasteiger partial charge is 0.260 e. The van der Waals surface area contributed by atoms with Gasteiger partial charge in [0, 0.05) is 25.0 Å². The van der Waals surface area contributed by atoms with E-state index in [-0.39, 0.29) is 30.7 Å². The summed E-state index contributed by atoms with van der Waals surface area (Å²) in [6.07, 6.45) is -0.539. The van der Waals surface area contributed by atoms with Crippen LogP contribution < -0.4 is 10.1 Å². The summed E-state index contributed by atoms with van der Waals surface area (Å²) in [6, 6.07) is 11.8. The fourth-order valence-corrected chi connectivity index (χ4v) is 3.56. The van der Waals surface area contributed by atoms with E-state index in [1.54, 1.807) is 13.1 Å². The highest BCUT2D eigenvalue weighted by atomic mass is 19.1. The number of pyridine rings is 1. The van der Waals surface area contributed by atoms with Crippen LogP contribution in [0.5, 0.6) is 5.75 Å². The van der Waals surface area contributed by atoms with E-state index in [2.05, 4.69) is 10.3 Å². The number of fused-ring (bicyclic) bond motifs is 1. The highest BCUT2D eigenvalue weighted by Gasteiger charge is 2.28. The lowest BCUT2D eigenvalue weighted by atomic mass is 10.0. The van der Waals surface area contributed by atoms with Crippen molar-refractivity contribution < 1.29 is 27.8 Å². The molecule has 0 spiro atoms. The van der Waals surface area contributed by atoms with Gasteiger partial charge in [-0.2, -0.15) is 0 Å². The molecule has 1 aliphatic rings. The largest absolute Gasteiger partial charge is 0.481 e. The van der Waals surface area contributed by atoms with E-state index in [0.29, 0.717) is 34.8 Å². The minimum atomic E-state index is -0.875. The molecule has 9 heteroatoms. The van der Waals surface area contributed by atoms with Gasteiger partial charge in [-0.05, 0) is 24.3 Å². The molecule has 3 aromatic rings. The van der Waals surface area contributed by atoms with Crippen LogP contribution in [-0.4, -0.2) is 55.0 Å². The number of hydrogen-bond donors (Lipinski definition) is 1. The van der Waals surface area contributed by atoms with E-state index in [4.69, 9.17) is 9.47 Å². The zero-order valence-electron chi connectivity index (χ0n) is 17.3. The number of para-hydroxylation sites is 1. The van der Waals surface area contributed by atoms with Gasteiger partial charge in [-0.3, -0.25) is 9.59 Å². The van der Waals surface area contributed by atoms with Crippen LogP contribution >= 0.6 is 0 Å².